The Kier molecular flexibility index (Phi) is 6.95. The highest BCUT2D eigenvalue weighted by Gasteiger charge is 2.41. The summed E-state index contributed by atoms with van der Waals surface area (Å²) in [6, 6.07) is 17.5. The maximum Gasteiger partial charge on any atom is 0.338 e. The molecule has 4 rings (SSSR count). The van der Waals surface area contributed by atoms with Crippen molar-refractivity contribution in [2.45, 2.75) is 13.0 Å². The molecule has 0 unspecified atom stereocenters. The zero-order chi connectivity index (χ0) is 24.2. The molecule has 1 aliphatic heterocycles. The van der Waals surface area contributed by atoms with E-state index in [1.165, 1.54) is 0 Å². The molecule has 9 heteroatoms. The predicted octanol–water partition coefficient (Wildman–Crippen LogP) is 5.15. The fraction of sp³-hybridized carbons (Fsp3) is 0.120. The average molecular weight is 494 g/mol. The Labute approximate surface area is 205 Å². The first-order valence-corrected chi connectivity index (χ1v) is 11.5. The van der Waals surface area contributed by atoms with Crippen LogP contribution in [0, 0.1) is 0 Å². The number of esters is 1. The van der Waals surface area contributed by atoms with Gasteiger partial charge in [-0.2, -0.15) is 0 Å². The molecular formula is C25H19NO6S2. The number of thiocarbonyl (C=S) groups is 1. The minimum absolute atomic E-state index is 0.161. The second-order valence-electron chi connectivity index (χ2n) is 7.20. The first-order chi connectivity index (χ1) is 16.4. The molecule has 1 aromatic heterocycles. The van der Waals surface area contributed by atoms with Gasteiger partial charge in [-0.05, 0) is 36.8 Å². The van der Waals surface area contributed by atoms with Crippen molar-refractivity contribution in [1.29, 1.82) is 0 Å². The van der Waals surface area contributed by atoms with Gasteiger partial charge in [-0.25, -0.2) is 9.59 Å². The van der Waals surface area contributed by atoms with E-state index in [4.69, 9.17) is 21.4 Å². The summed E-state index contributed by atoms with van der Waals surface area (Å²) in [6.07, 6.45) is 1.54. The van der Waals surface area contributed by atoms with Gasteiger partial charge in [-0.3, -0.25) is 9.69 Å². The van der Waals surface area contributed by atoms with E-state index in [0.29, 0.717) is 29.3 Å². The van der Waals surface area contributed by atoms with Gasteiger partial charge in [0.2, 0.25) is 0 Å². The molecule has 0 aliphatic carbocycles. The second kappa shape index (κ2) is 10.1. The summed E-state index contributed by atoms with van der Waals surface area (Å²) in [5, 5.41) is 9.78. The van der Waals surface area contributed by atoms with Gasteiger partial charge in [0.25, 0.3) is 5.91 Å². The van der Waals surface area contributed by atoms with Gasteiger partial charge in [0, 0.05) is 11.6 Å². The van der Waals surface area contributed by atoms with Crippen LogP contribution in [0.5, 0.6) is 0 Å². The van der Waals surface area contributed by atoms with Crippen LogP contribution in [0.25, 0.3) is 17.4 Å². The van der Waals surface area contributed by atoms with Crippen LogP contribution in [0.3, 0.4) is 0 Å². The maximum absolute atomic E-state index is 13.1. The number of furan rings is 1. The molecule has 172 valence electrons. The van der Waals surface area contributed by atoms with Crippen LogP contribution in [-0.4, -0.2) is 38.8 Å². The lowest BCUT2D eigenvalue weighted by atomic mass is 10.1. The summed E-state index contributed by atoms with van der Waals surface area (Å²) < 4.78 is 11.0. The number of hydrogen-bond acceptors (Lipinski definition) is 7. The predicted molar refractivity (Wildman–Crippen MR) is 132 cm³/mol. The third kappa shape index (κ3) is 4.80. The number of carbonyl (C=O) groups excluding carboxylic acids is 2. The molecule has 3 aromatic rings. The Morgan fingerprint density at radius 3 is 2.47 bits per heavy atom. The Morgan fingerprint density at radius 2 is 1.82 bits per heavy atom. The van der Waals surface area contributed by atoms with Crippen LogP contribution in [0.4, 0.5) is 0 Å². The fourth-order valence-electron chi connectivity index (χ4n) is 3.44. The van der Waals surface area contributed by atoms with E-state index in [9.17, 15) is 19.5 Å². The second-order valence-corrected chi connectivity index (χ2v) is 8.88. The molecule has 1 fully saturated rings. The first-order valence-electron chi connectivity index (χ1n) is 10.3. The molecule has 34 heavy (non-hydrogen) atoms. The number of carbonyl (C=O) groups is 3. The van der Waals surface area contributed by atoms with Crippen molar-refractivity contribution < 1.29 is 28.6 Å². The average Bonchev–Trinajstić information content (AvgIpc) is 3.40. The number of aliphatic carboxylic acids is 1. The van der Waals surface area contributed by atoms with Gasteiger partial charge in [-0.1, -0.05) is 66.4 Å². The van der Waals surface area contributed by atoms with Crippen molar-refractivity contribution in [2.24, 2.45) is 0 Å². The Morgan fingerprint density at radius 1 is 1.12 bits per heavy atom. The molecule has 1 atom stereocenters. The summed E-state index contributed by atoms with van der Waals surface area (Å²) in [5.41, 5.74) is 1.64. The van der Waals surface area contributed by atoms with Crippen molar-refractivity contribution in [1.82, 2.24) is 4.90 Å². The van der Waals surface area contributed by atoms with Crippen molar-refractivity contribution in [3.8, 4) is 11.3 Å². The number of carboxylic acid groups (broad SMARTS) is 1. The molecule has 1 aliphatic rings. The highest BCUT2D eigenvalue weighted by atomic mass is 32.2. The van der Waals surface area contributed by atoms with Gasteiger partial charge >= 0.3 is 11.9 Å². The molecule has 1 saturated heterocycles. The third-order valence-corrected chi connectivity index (χ3v) is 6.34. The van der Waals surface area contributed by atoms with E-state index >= 15 is 0 Å². The number of amides is 1. The number of nitrogens with zero attached hydrogens (tertiary/aromatic N) is 1. The zero-order valence-electron chi connectivity index (χ0n) is 18.0. The summed E-state index contributed by atoms with van der Waals surface area (Å²) in [7, 11) is 0. The standard InChI is InChI=1S/C25H19NO6S2/c1-2-31-24(30)17-10-8-15(9-11-17)19-13-12-18(32-19)14-20-22(27)26(25(33)34-20)21(23(28)29)16-6-4-3-5-7-16/h3-14,21H,2H2,1H3,(H,28,29)/b20-14-/t21-/m1/s1. The number of carboxylic acids is 1. The van der Waals surface area contributed by atoms with E-state index in [0.717, 1.165) is 22.2 Å². The minimum atomic E-state index is -1.22. The highest BCUT2D eigenvalue weighted by Crippen LogP contribution is 2.38. The van der Waals surface area contributed by atoms with Crippen LogP contribution in [0.2, 0.25) is 0 Å². The van der Waals surface area contributed by atoms with Crippen LogP contribution in [-0.2, 0) is 14.3 Å². The number of ether oxygens (including phenoxy) is 1. The lowest BCUT2D eigenvalue weighted by molar-refractivity contribution is -0.145. The SMILES string of the molecule is CCOC(=O)c1ccc(-c2ccc(/C=C3\SC(=S)N([C@@H](C(=O)O)c4ccccc4)C3=O)o2)cc1. The fourth-order valence-corrected chi connectivity index (χ4v) is 4.73. The van der Waals surface area contributed by atoms with E-state index in [1.54, 1.807) is 79.7 Å². The molecule has 0 spiro atoms. The van der Waals surface area contributed by atoms with Crippen molar-refractivity contribution >= 4 is 52.2 Å². The Hall–Kier alpha value is -3.69. The topological polar surface area (TPSA) is 97.0 Å². The molecule has 1 amide bonds. The summed E-state index contributed by atoms with van der Waals surface area (Å²) in [4.78, 5) is 38.2. The van der Waals surface area contributed by atoms with E-state index in [1.807, 2.05) is 0 Å². The molecule has 2 heterocycles. The lowest BCUT2D eigenvalue weighted by Gasteiger charge is -2.23. The third-order valence-electron chi connectivity index (χ3n) is 5.01. The summed E-state index contributed by atoms with van der Waals surface area (Å²) in [5.74, 6) is -1.11. The molecule has 0 bridgehead atoms. The molecule has 0 saturated carbocycles. The van der Waals surface area contributed by atoms with Gasteiger partial charge < -0.3 is 14.3 Å². The van der Waals surface area contributed by atoms with E-state index in [2.05, 4.69) is 0 Å². The smallest absolute Gasteiger partial charge is 0.338 e. The Balaban J connectivity index is 1.55. The van der Waals surface area contributed by atoms with Gasteiger partial charge in [0.15, 0.2) is 6.04 Å². The minimum Gasteiger partial charge on any atom is -0.479 e. The normalized spacial score (nSPS) is 15.6. The van der Waals surface area contributed by atoms with Crippen LogP contribution < -0.4 is 0 Å². The van der Waals surface area contributed by atoms with Gasteiger partial charge in [-0.15, -0.1) is 0 Å². The molecule has 0 radical (unpaired) electrons. The summed E-state index contributed by atoms with van der Waals surface area (Å²) in [6.45, 7) is 2.04. The largest absolute Gasteiger partial charge is 0.479 e. The quantitative estimate of drug-likeness (QED) is 0.274. The number of hydrogen-bond donors (Lipinski definition) is 1. The molecule has 2 aromatic carbocycles. The van der Waals surface area contributed by atoms with Crippen LogP contribution in [0.15, 0.2) is 76.1 Å². The monoisotopic (exact) mass is 493 g/mol. The van der Waals surface area contributed by atoms with E-state index < -0.39 is 23.9 Å². The first kappa shape index (κ1) is 23.5. The zero-order valence-corrected chi connectivity index (χ0v) is 19.6. The van der Waals surface area contributed by atoms with Crippen LogP contribution in [0.1, 0.15) is 34.6 Å². The van der Waals surface area contributed by atoms with Gasteiger partial charge in [0.05, 0.1) is 17.1 Å². The molecule has 1 N–H and O–H groups in total. The number of rotatable bonds is 7. The lowest BCUT2D eigenvalue weighted by Crippen LogP contribution is -2.37. The van der Waals surface area contributed by atoms with Crippen LogP contribution >= 0.6 is 24.0 Å². The maximum atomic E-state index is 13.1. The van der Waals surface area contributed by atoms with E-state index in [-0.39, 0.29) is 9.23 Å². The van der Waals surface area contributed by atoms with Crippen molar-refractivity contribution in [3.05, 3.63) is 88.5 Å². The number of benzene rings is 2. The summed E-state index contributed by atoms with van der Waals surface area (Å²) >= 11 is 6.36. The highest BCUT2D eigenvalue weighted by molar-refractivity contribution is 8.26. The Bertz CT molecular complexity index is 1280. The molecule has 7 nitrogen and oxygen atoms in total. The molecular weight excluding hydrogens is 474 g/mol. The number of thioether (sulfide) groups is 1. The van der Waals surface area contributed by atoms with Gasteiger partial charge in [0.1, 0.15) is 15.8 Å². The van der Waals surface area contributed by atoms with Crippen molar-refractivity contribution in [3.63, 3.8) is 0 Å². The van der Waals surface area contributed by atoms with Crippen molar-refractivity contribution in [2.75, 3.05) is 6.61 Å².